The SMILES string of the molecule is N[C@H]1CCC[C@](C=O)(CCNc2cccc(Cl)c2)C1. The summed E-state index contributed by atoms with van der Waals surface area (Å²) in [5.74, 6) is 0. The molecule has 1 aromatic carbocycles. The quantitative estimate of drug-likeness (QED) is 0.814. The van der Waals surface area contributed by atoms with Gasteiger partial charge in [0.25, 0.3) is 0 Å². The Balaban J connectivity index is 1.88. The van der Waals surface area contributed by atoms with Crippen LogP contribution in [0.1, 0.15) is 32.1 Å². The Morgan fingerprint density at radius 3 is 3.05 bits per heavy atom. The van der Waals surface area contributed by atoms with Crippen molar-refractivity contribution in [2.45, 2.75) is 38.1 Å². The van der Waals surface area contributed by atoms with E-state index in [0.717, 1.165) is 55.6 Å². The third-order valence-corrected chi connectivity index (χ3v) is 4.18. The minimum atomic E-state index is -0.233. The lowest BCUT2D eigenvalue weighted by atomic mass is 9.71. The van der Waals surface area contributed by atoms with Gasteiger partial charge in [-0.25, -0.2) is 0 Å². The third kappa shape index (κ3) is 3.95. The first-order valence-corrected chi connectivity index (χ1v) is 7.23. The molecule has 4 heteroatoms. The maximum atomic E-state index is 11.4. The van der Waals surface area contributed by atoms with Crippen LogP contribution in [0.5, 0.6) is 0 Å². The van der Waals surface area contributed by atoms with E-state index in [4.69, 9.17) is 17.3 Å². The fourth-order valence-electron chi connectivity index (χ4n) is 2.89. The molecule has 3 N–H and O–H groups in total. The molecule has 1 fully saturated rings. The summed E-state index contributed by atoms with van der Waals surface area (Å²) in [7, 11) is 0. The summed E-state index contributed by atoms with van der Waals surface area (Å²) in [6.45, 7) is 0.770. The molecule has 1 saturated carbocycles. The number of rotatable bonds is 5. The summed E-state index contributed by atoms with van der Waals surface area (Å²) in [4.78, 5) is 11.4. The van der Waals surface area contributed by atoms with E-state index in [1.807, 2.05) is 24.3 Å². The van der Waals surface area contributed by atoms with Crippen molar-refractivity contribution in [1.82, 2.24) is 0 Å². The second-order valence-corrected chi connectivity index (χ2v) is 5.96. The standard InChI is InChI=1S/C15H21ClN2O/c16-12-3-1-5-14(9-12)18-8-7-15(11-19)6-2-4-13(17)10-15/h1,3,5,9,11,13,18H,2,4,6-8,10,17H2/t13-,15-/m0/s1. The highest BCUT2D eigenvalue weighted by Crippen LogP contribution is 2.36. The monoisotopic (exact) mass is 280 g/mol. The highest BCUT2D eigenvalue weighted by atomic mass is 35.5. The lowest BCUT2D eigenvalue weighted by molar-refractivity contribution is -0.118. The Bertz CT molecular complexity index is 438. The van der Waals surface area contributed by atoms with E-state index >= 15 is 0 Å². The molecule has 0 unspecified atom stereocenters. The normalized spacial score (nSPS) is 26.9. The number of hydrogen-bond donors (Lipinski definition) is 2. The van der Waals surface area contributed by atoms with Crippen molar-refractivity contribution in [1.29, 1.82) is 0 Å². The van der Waals surface area contributed by atoms with Crippen LogP contribution in [0.4, 0.5) is 5.69 Å². The number of hydrogen-bond acceptors (Lipinski definition) is 3. The first-order chi connectivity index (χ1) is 9.13. The molecule has 3 nitrogen and oxygen atoms in total. The molecule has 0 radical (unpaired) electrons. The summed E-state index contributed by atoms with van der Waals surface area (Å²) in [6.07, 6.45) is 5.81. The molecule has 2 rings (SSSR count). The summed E-state index contributed by atoms with van der Waals surface area (Å²) >= 11 is 5.93. The van der Waals surface area contributed by atoms with Crippen LogP contribution in [-0.4, -0.2) is 18.9 Å². The second-order valence-electron chi connectivity index (χ2n) is 5.52. The average molecular weight is 281 g/mol. The van der Waals surface area contributed by atoms with Gasteiger partial charge in [-0.15, -0.1) is 0 Å². The van der Waals surface area contributed by atoms with Crippen molar-refractivity contribution in [3.8, 4) is 0 Å². The molecule has 0 heterocycles. The molecule has 1 aromatic rings. The highest BCUT2D eigenvalue weighted by molar-refractivity contribution is 6.30. The highest BCUT2D eigenvalue weighted by Gasteiger charge is 2.34. The Morgan fingerprint density at radius 1 is 1.53 bits per heavy atom. The molecular weight excluding hydrogens is 260 g/mol. The van der Waals surface area contributed by atoms with Gasteiger partial charge >= 0.3 is 0 Å². The number of aldehydes is 1. The first-order valence-electron chi connectivity index (χ1n) is 6.85. The van der Waals surface area contributed by atoms with Gasteiger partial charge in [0.15, 0.2) is 0 Å². The Morgan fingerprint density at radius 2 is 2.37 bits per heavy atom. The number of nitrogens with two attached hydrogens (primary N) is 1. The number of carbonyl (C=O) groups is 1. The van der Waals surface area contributed by atoms with E-state index in [0.29, 0.717) is 0 Å². The predicted molar refractivity (Wildman–Crippen MR) is 79.5 cm³/mol. The zero-order valence-electron chi connectivity index (χ0n) is 11.1. The van der Waals surface area contributed by atoms with Gasteiger partial charge in [0.05, 0.1) is 0 Å². The van der Waals surface area contributed by atoms with Crippen molar-refractivity contribution in [3.05, 3.63) is 29.3 Å². The zero-order valence-corrected chi connectivity index (χ0v) is 11.8. The number of anilines is 1. The molecule has 104 valence electrons. The van der Waals surface area contributed by atoms with Gasteiger partial charge in [-0.05, 0) is 43.9 Å². The molecule has 0 amide bonds. The van der Waals surface area contributed by atoms with E-state index in [2.05, 4.69) is 5.32 Å². The smallest absolute Gasteiger partial charge is 0.126 e. The molecule has 0 spiro atoms. The zero-order chi connectivity index (χ0) is 13.7. The number of benzene rings is 1. The topological polar surface area (TPSA) is 55.1 Å². The maximum Gasteiger partial charge on any atom is 0.126 e. The number of carbonyl (C=O) groups excluding carboxylic acids is 1. The van der Waals surface area contributed by atoms with E-state index in [1.165, 1.54) is 0 Å². The largest absolute Gasteiger partial charge is 0.385 e. The Kier molecular flexibility index (Phi) is 4.83. The van der Waals surface area contributed by atoms with Gasteiger partial charge in [-0.1, -0.05) is 24.1 Å². The fourth-order valence-corrected chi connectivity index (χ4v) is 3.08. The average Bonchev–Trinajstić information content (AvgIpc) is 2.39. The van der Waals surface area contributed by atoms with Gasteiger partial charge in [0.2, 0.25) is 0 Å². The van der Waals surface area contributed by atoms with Gasteiger partial charge < -0.3 is 15.8 Å². The Labute approximate surface area is 119 Å². The maximum absolute atomic E-state index is 11.4. The number of nitrogens with one attached hydrogen (secondary N) is 1. The molecule has 1 aliphatic rings. The van der Waals surface area contributed by atoms with Gasteiger partial charge in [-0.2, -0.15) is 0 Å². The van der Waals surface area contributed by atoms with E-state index in [-0.39, 0.29) is 11.5 Å². The van der Waals surface area contributed by atoms with E-state index in [9.17, 15) is 4.79 Å². The second kappa shape index (κ2) is 6.40. The summed E-state index contributed by atoms with van der Waals surface area (Å²) < 4.78 is 0. The van der Waals surface area contributed by atoms with E-state index in [1.54, 1.807) is 0 Å². The van der Waals surface area contributed by atoms with Crippen molar-refractivity contribution in [2.24, 2.45) is 11.1 Å². The van der Waals surface area contributed by atoms with Crippen LogP contribution in [0.15, 0.2) is 24.3 Å². The molecule has 0 bridgehead atoms. The predicted octanol–water partition coefficient (Wildman–Crippen LogP) is 3.23. The summed E-state index contributed by atoms with van der Waals surface area (Å²) in [5.41, 5.74) is 6.75. The summed E-state index contributed by atoms with van der Waals surface area (Å²) in [5, 5.41) is 4.04. The molecule has 19 heavy (non-hydrogen) atoms. The molecule has 0 aromatic heterocycles. The number of halogens is 1. The molecule has 2 atom stereocenters. The fraction of sp³-hybridized carbons (Fsp3) is 0.533. The van der Waals surface area contributed by atoms with Crippen LogP contribution in [0, 0.1) is 5.41 Å². The molecule has 0 saturated heterocycles. The van der Waals surface area contributed by atoms with Gasteiger partial charge in [0.1, 0.15) is 6.29 Å². The van der Waals surface area contributed by atoms with Crippen LogP contribution in [-0.2, 0) is 4.79 Å². The molecule has 1 aliphatic carbocycles. The van der Waals surface area contributed by atoms with Crippen molar-refractivity contribution in [3.63, 3.8) is 0 Å². The lowest BCUT2D eigenvalue weighted by Crippen LogP contribution is -2.38. The minimum absolute atomic E-state index is 0.171. The molecular formula is C15H21ClN2O. The van der Waals surface area contributed by atoms with Crippen molar-refractivity contribution >= 4 is 23.6 Å². The van der Waals surface area contributed by atoms with Crippen molar-refractivity contribution in [2.75, 3.05) is 11.9 Å². The third-order valence-electron chi connectivity index (χ3n) is 3.94. The lowest BCUT2D eigenvalue weighted by Gasteiger charge is -2.35. The Hall–Kier alpha value is -1.06. The summed E-state index contributed by atoms with van der Waals surface area (Å²) in [6, 6.07) is 7.80. The van der Waals surface area contributed by atoms with E-state index < -0.39 is 0 Å². The van der Waals surface area contributed by atoms with Crippen LogP contribution < -0.4 is 11.1 Å². The van der Waals surface area contributed by atoms with Crippen LogP contribution in [0.2, 0.25) is 5.02 Å². The first kappa shape index (κ1) is 14.4. The van der Waals surface area contributed by atoms with Crippen LogP contribution >= 0.6 is 11.6 Å². The van der Waals surface area contributed by atoms with Gasteiger partial charge in [-0.3, -0.25) is 0 Å². The van der Waals surface area contributed by atoms with Gasteiger partial charge in [0, 0.05) is 28.7 Å². The molecule has 0 aliphatic heterocycles. The van der Waals surface area contributed by atoms with Crippen LogP contribution in [0.3, 0.4) is 0 Å². The minimum Gasteiger partial charge on any atom is -0.385 e. The van der Waals surface area contributed by atoms with Crippen molar-refractivity contribution < 1.29 is 4.79 Å². The van der Waals surface area contributed by atoms with Crippen LogP contribution in [0.25, 0.3) is 0 Å².